The van der Waals surface area contributed by atoms with Gasteiger partial charge in [-0.15, -0.1) is 0 Å². The van der Waals surface area contributed by atoms with Crippen molar-refractivity contribution in [1.29, 1.82) is 0 Å². The van der Waals surface area contributed by atoms with Crippen LogP contribution in [-0.2, 0) is 4.79 Å². The second-order valence-electron chi connectivity index (χ2n) is 8.19. The van der Waals surface area contributed by atoms with Crippen LogP contribution in [0.2, 0.25) is 0 Å². The SMILES string of the molecule is CC[C@@H]1C(=O)N(C)c2cnc(Nc3ccc(C(=O)NC)cc3OC)nc2N1C1CCCC1. The first-order chi connectivity index (χ1) is 15.5. The van der Waals surface area contributed by atoms with Crippen molar-refractivity contribution in [3.63, 3.8) is 0 Å². The van der Waals surface area contributed by atoms with Crippen molar-refractivity contribution in [2.45, 2.75) is 51.1 Å². The molecule has 0 unspecified atom stereocenters. The van der Waals surface area contributed by atoms with Gasteiger partial charge in [-0.1, -0.05) is 19.8 Å². The number of anilines is 4. The maximum atomic E-state index is 13.0. The van der Waals surface area contributed by atoms with Crippen molar-refractivity contribution in [3.05, 3.63) is 30.0 Å². The molecule has 4 rings (SSSR count). The van der Waals surface area contributed by atoms with Crippen molar-refractivity contribution < 1.29 is 14.3 Å². The van der Waals surface area contributed by atoms with Crippen LogP contribution in [0.1, 0.15) is 49.4 Å². The van der Waals surface area contributed by atoms with Gasteiger partial charge in [0, 0.05) is 25.7 Å². The zero-order valence-corrected chi connectivity index (χ0v) is 19.0. The molecule has 1 saturated carbocycles. The monoisotopic (exact) mass is 438 g/mol. The molecule has 9 heteroatoms. The zero-order chi connectivity index (χ0) is 22.8. The Morgan fingerprint density at radius 1 is 1.28 bits per heavy atom. The van der Waals surface area contributed by atoms with E-state index in [4.69, 9.17) is 9.72 Å². The molecule has 170 valence electrons. The fourth-order valence-corrected chi connectivity index (χ4v) is 4.64. The number of methoxy groups -OCH3 is 1. The lowest BCUT2D eigenvalue weighted by atomic mass is 10.0. The second kappa shape index (κ2) is 9.02. The van der Waals surface area contributed by atoms with Crippen LogP contribution in [0, 0.1) is 0 Å². The molecule has 2 aliphatic rings. The molecule has 2 aromatic rings. The number of fused-ring (bicyclic) bond motifs is 1. The van der Waals surface area contributed by atoms with Crippen LogP contribution < -0.4 is 25.2 Å². The molecule has 1 aliphatic heterocycles. The quantitative estimate of drug-likeness (QED) is 0.715. The average molecular weight is 439 g/mol. The molecule has 1 fully saturated rings. The van der Waals surface area contributed by atoms with Gasteiger partial charge < -0.3 is 25.2 Å². The summed E-state index contributed by atoms with van der Waals surface area (Å²) in [6.45, 7) is 2.04. The molecular weight excluding hydrogens is 408 g/mol. The molecular formula is C23H30N6O3. The molecule has 1 atom stereocenters. The number of hydrogen-bond donors (Lipinski definition) is 2. The van der Waals surface area contributed by atoms with E-state index in [1.165, 1.54) is 12.8 Å². The third-order valence-corrected chi connectivity index (χ3v) is 6.35. The van der Waals surface area contributed by atoms with E-state index in [0.29, 0.717) is 29.0 Å². The van der Waals surface area contributed by atoms with Gasteiger partial charge in [0.15, 0.2) is 5.82 Å². The van der Waals surface area contributed by atoms with Crippen LogP contribution in [0.25, 0.3) is 0 Å². The van der Waals surface area contributed by atoms with Gasteiger partial charge in [-0.05, 0) is 37.5 Å². The van der Waals surface area contributed by atoms with Crippen LogP contribution in [-0.4, -0.2) is 55.1 Å². The minimum atomic E-state index is -0.222. The highest BCUT2D eigenvalue weighted by molar-refractivity contribution is 6.04. The van der Waals surface area contributed by atoms with Gasteiger partial charge in [0.25, 0.3) is 5.91 Å². The van der Waals surface area contributed by atoms with Gasteiger partial charge in [-0.3, -0.25) is 9.59 Å². The van der Waals surface area contributed by atoms with E-state index in [2.05, 4.69) is 20.5 Å². The first kappa shape index (κ1) is 21.9. The van der Waals surface area contributed by atoms with Crippen molar-refractivity contribution in [2.75, 3.05) is 36.3 Å². The lowest BCUT2D eigenvalue weighted by Crippen LogP contribution is -2.55. The lowest BCUT2D eigenvalue weighted by molar-refractivity contribution is -0.120. The van der Waals surface area contributed by atoms with Crippen molar-refractivity contribution in [3.8, 4) is 5.75 Å². The predicted molar refractivity (Wildman–Crippen MR) is 124 cm³/mol. The summed E-state index contributed by atoms with van der Waals surface area (Å²) in [7, 11) is 4.92. The smallest absolute Gasteiger partial charge is 0.251 e. The molecule has 2 N–H and O–H groups in total. The Labute approximate surface area is 188 Å². The van der Waals surface area contributed by atoms with E-state index in [9.17, 15) is 9.59 Å². The number of likely N-dealkylation sites (N-methyl/N-ethyl adjacent to an activating group) is 1. The van der Waals surface area contributed by atoms with Gasteiger partial charge in [-0.25, -0.2) is 4.98 Å². The van der Waals surface area contributed by atoms with E-state index in [1.54, 1.807) is 50.5 Å². The van der Waals surface area contributed by atoms with Crippen LogP contribution in [0.4, 0.5) is 23.1 Å². The molecule has 0 spiro atoms. The number of carbonyl (C=O) groups excluding carboxylic acids is 2. The highest BCUT2D eigenvalue weighted by Gasteiger charge is 2.41. The Morgan fingerprint density at radius 2 is 2.03 bits per heavy atom. The minimum absolute atomic E-state index is 0.0858. The molecule has 1 aromatic carbocycles. The fraction of sp³-hybridized carbons (Fsp3) is 0.478. The Hall–Kier alpha value is -3.36. The largest absolute Gasteiger partial charge is 0.495 e. The van der Waals surface area contributed by atoms with E-state index < -0.39 is 0 Å². The standard InChI is InChI=1S/C23H30N6O3/c1-5-17-22(31)28(3)18-13-25-23(27-20(18)29(17)15-8-6-7-9-15)26-16-11-10-14(21(30)24-2)12-19(16)32-4/h10-13,15,17H,5-9H2,1-4H3,(H,24,30)(H,25,26,27)/t17-/m1/s1. The summed E-state index contributed by atoms with van der Waals surface area (Å²) in [5.74, 6) is 1.60. The molecule has 0 radical (unpaired) electrons. The average Bonchev–Trinajstić information content (AvgIpc) is 3.35. The summed E-state index contributed by atoms with van der Waals surface area (Å²) in [4.78, 5) is 38.1. The topological polar surface area (TPSA) is 99.7 Å². The summed E-state index contributed by atoms with van der Waals surface area (Å²) in [5.41, 5.74) is 1.87. The Balaban J connectivity index is 1.70. The number of amides is 2. The number of ether oxygens (including phenoxy) is 1. The summed E-state index contributed by atoms with van der Waals surface area (Å²) in [6.07, 6.45) is 6.88. The van der Waals surface area contributed by atoms with E-state index in [0.717, 1.165) is 30.8 Å². The van der Waals surface area contributed by atoms with Gasteiger partial charge in [0.1, 0.15) is 17.5 Å². The van der Waals surface area contributed by atoms with E-state index >= 15 is 0 Å². The number of carbonyl (C=O) groups is 2. The highest BCUT2D eigenvalue weighted by Crippen LogP contribution is 2.40. The van der Waals surface area contributed by atoms with E-state index in [1.807, 2.05) is 6.92 Å². The number of benzene rings is 1. The van der Waals surface area contributed by atoms with E-state index in [-0.39, 0.29) is 17.9 Å². The number of aromatic nitrogens is 2. The summed E-state index contributed by atoms with van der Waals surface area (Å²) in [6, 6.07) is 5.24. The first-order valence-corrected chi connectivity index (χ1v) is 11.1. The zero-order valence-electron chi connectivity index (χ0n) is 19.0. The number of hydrogen-bond acceptors (Lipinski definition) is 7. The lowest BCUT2D eigenvalue weighted by Gasteiger charge is -2.43. The Morgan fingerprint density at radius 3 is 2.69 bits per heavy atom. The van der Waals surface area contributed by atoms with Crippen molar-refractivity contribution in [1.82, 2.24) is 15.3 Å². The third kappa shape index (κ3) is 3.83. The Kier molecular flexibility index (Phi) is 6.16. The summed E-state index contributed by atoms with van der Waals surface area (Å²) in [5, 5.41) is 5.83. The molecule has 0 saturated heterocycles. The molecule has 2 heterocycles. The summed E-state index contributed by atoms with van der Waals surface area (Å²) < 4.78 is 5.47. The van der Waals surface area contributed by atoms with Crippen LogP contribution >= 0.6 is 0 Å². The maximum Gasteiger partial charge on any atom is 0.251 e. The summed E-state index contributed by atoms with van der Waals surface area (Å²) >= 11 is 0. The second-order valence-corrected chi connectivity index (χ2v) is 8.19. The first-order valence-electron chi connectivity index (χ1n) is 11.1. The van der Waals surface area contributed by atoms with Gasteiger partial charge in [-0.2, -0.15) is 4.98 Å². The number of nitrogens with zero attached hydrogens (tertiary/aromatic N) is 4. The number of nitrogens with one attached hydrogen (secondary N) is 2. The van der Waals surface area contributed by atoms with Gasteiger partial charge >= 0.3 is 0 Å². The third-order valence-electron chi connectivity index (χ3n) is 6.35. The molecule has 2 amide bonds. The van der Waals surface area contributed by atoms with Crippen LogP contribution in [0.3, 0.4) is 0 Å². The minimum Gasteiger partial charge on any atom is -0.495 e. The fourth-order valence-electron chi connectivity index (χ4n) is 4.64. The normalized spacial score (nSPS) is 18.5. The predicted octanol–water partition coefficient (Wildman–Crippen LogP) is 3.09. The Bertz CT molecular complexity index is 1020. The number of rotatable bonds is 6. The molecule has 32 heavy (non-hydrogen) atoms. The highest BCUT2D eigenvalue weighted by atomic mass is 16.5. The maximum absolute atomic E-state index is 13.0. The van der Waals surface area contributed by atoms with Crippen LogP contribution in [0.5, 0.6) is 5.75 Å². The van der Waals surface area contributed by atoms with Crippen molar-refractivity contribution >= 4 is 35.0 Å². The molecule has 0 bridgehead atoms. The van der Waals surface area contributed by atoms with Crippen molar-refractivity contribution in [2.24, 2.45) is 0 Å². The molecule has 1 aromatic heterocycles. The van der Waals surface area contributed by atoms with Gasteiger partial charge in [0.2, 0.25) is 11.9 Å². The molecule has 9 nitrogen and oxygen atoms in total. The molecule has 1 aliphatic carbocycles. The van der Waals surface area contributed by atoms with Crippen LogP contribution in [0.15, 0.2) is 24.4 Å². The van der Waals surface area contributed by atoms with Gasteiger partial charge in [0.05, 0.1) is 19.0 Å².